The number of carboxylic acid groups (broad SMARTS) is 1. The molecule has 2 N–H and O–H groups in total. The molecule has 2 rings (SSSR count). The summed E-state index contributed by atoms with van der Waals surface area (Å²) < 4.78 is 5.00. The van der Waals surface area contributed by atoms with Crippen molar-refractivity contribution in [3.63, 3.8) is 0 Å². The number of aromatic carboxylic acids is 1. The third kappa shape index (κ3) is 3.17. The number of anilines is 1. The van der Waals surface area contributed by atoms with E-state index in [2.05, 4.69) is 11.4 Å². The van der Waals surface area contributed by atoms with E-state index >= 15 is 0 Å². The van der Waals surface area contributed by atoms with Crippen LogP contribution >= 0.6 is 0 Å². The number of hydrogen-bond acceptors (Lipinski definition) is 3. The largest absolute Gasteiger partial charge is 0.497 e. The number of carbonyl (C=O) groups excluding carboxylic acids is 1. The number of methoxy groups -OCH3 is 1. The normalized spacial score (nSPS) is 17.6. The van der Waals surface area contributed by atoms with Crippen molar-refractivity contribution in [3.8, 4) is 5.75 Å². The third-order valence-electron chi connectivity index (χ3n) is 3.35. The molecule has 0 saturated carbocycles. The molecule has 1 unspecified atom stereocenters. The molecule has 0 radical (unpaired) electrons. The number of benzene rings is 1. The van der Waals surface area contributed by atoms with E-state index in [1.54, 1.807) is 12.1 Å². The van der Waals surface area contributed by atoms with Crippen molar-refractivity contribution in [3.05, 3.63) is 35.9 Å². The van der Waals surface area contributed by atoms with Crippen molar-refractivity contribution in [2.45, 2.75) is 19.3 Å². The van der Waals surface area contributed by atoms with E-state index in [4.69, 9.17) is 4.74 Å². The Labute approximate surface area is 117 Å². The van der Waals surface area contributed by atoms with E-state index in [0.29, 0.717) is 17.9 Å². The predicted molar refractivity (Wildman–Crippen MR) is 75.1 cm³/mol. The average Bonchev–Trinajstić information content (AvgIpc) is 2.48. The van der Waals surface area contributed by atoms with Gasteiger partial charge < -0.3 is 15.2 Å². The van der Waals surface area contributed by atoms with Crippen LogP contribution in [0.3, 0.4) is 0 Å². The van der Waals surface area contributed by atoms with Crippen LogP contribution in [0, 0.1) is 5.92 Å². The molecule has 5 heteroatoms. The fourth-order valence-corrected chi connectivity index (χ4v) is 2.20. The summed E-state index contributed by atoms with van der Waals surface area (Å²) in [6.45, 7) is 0. The van der Waals surface area contributed by atoms with Crippen LogP contribution in [0.5, 0.6) is 5.75 Å². The zero-order chi connectivity index (χ0) is 14.5. The second-order valence-electron chi connectivity index (χ2n) is 4.69. The molecule has 1 atom stereocenters. The van der Waals surface area contributed by atoms with Gasteiger partial charge in [0.1, 0.15) is 5.75 Å². The smallest absolute Gasteiger partial charge is 0.337 e. The standard InChI is InChI=1S/C15H17NO4/c1-20-11-7-8-13(12(9-11)15(18)19)16-14(17)10-5-3-2-4-6-10/h2-3,7-10H,4-6H2,1H3,(H,16,17)(H,18,19). The minimum absolute atomic E-state index is 0.0315. The van der Waals surface area contributed by atoms with E-state index < -0.39 is 5.97 Å². The predicted octanol–water partition coefficient (Wildman–Crippen LogP) is 2.69. The van der Waals surface area contributed by atoms with E-state index in [-0.39, 0.29) is 17.4 Å². The summed E-state index contributed by atoms with van der Waals surface area (Å²) in [6.07, 6.45) is 6.41. The maximum Gasteiger partial charge on any atom is 0.337 e. The fraction of sp³-hybridized carbons (Fsp3) is 0.333. The molecule has 106 valence electrons. The first kappa shape index (κ1) is 14.1. The van der Waals surface area contributed by atoms with Gasteiger partial charge in [-0.1, -0.05) is 12.2 Å². The summed E-state index contributed by atoms with van der Waals surface area (Å²) in [5.74, 6) is -0.880. The molecule has 0 bridgehead atoms. The molecule has 0 saturated heterocycles. The molecule has 0 heterocycles. The van der Waals surface area contributed by atoms with Crippen molar-refractivity contribution in [1.29, 1.82) is 0 Å². The fourth-order valence-electron chi connectivity index (χ4n) is 2.20. The lowest BCUT2D eigenvalue weighted by atomic mass is 9.93. The Kier molecular flexibility index (Phi) is 4.40. The van der Waals surface area contributed by atoms with E-state index in [0.717, 1.165) is 12.8 Å². The number of amides is 1. The highest BCUT2D eigenvalue weighted by atomic mass is 16.5. The number of carboxylic acids is 1. The Morgan fingerprint density at radius 2 is 2.15 bits per heavy atom. The van der Waals surface area contributed by atoms with Gasteiger partial charge in [-0.15, -0.1) is 0 Å². The minimum atomic E-state index is -1.09. The summed E-state index contributed by atoms with van der Waals surface area (Å²) in [6, 6.07) is 4.58. The molecule has 0 aromatic heterocycles. The molecule has 0 spiro atoms. The SMILES string of the molecule is COc1ccc(NC(=O)C2CC=CCC2)c(C(=O)O)c1. The second kappa shape index (κ2) is 6.23. The van der Waals surface area contributed by atoms with Crippen molar-refractivity contribution >= 4 is 17.6 Å². The molecular formula is C15H17NO4. The van der Waals surface area contributed by atoms with Gasteiger partial charge in [-0.25, -0.2) is 4.79 Å². The lowest BCUT2D eigenvalue weighted by molar-refractivity contribution is -0.120. The Morgan fingerprint density at radius 3 is 2.75 bits per heavy atom. The van der Waals surface area contributed by atoms with Crippen LogP contribution in [-0.4, -0.2) is 24.1 Å². The first-order valence-electron chi connectivity index (χ1n) is 6.49. The Morgan fingerprint density at radius 1 is 1.35 bits per heavy atom. The number of nitrogens with one attached hydrogen (secondary N) is 1. The number of hydrogen-bond donors (Lipinski definition) is 2. The number of ether oxygens (including phenoxy) is 1. The van der Waals surface area contributed by atoms with Crippen molar-refractivity contribution in [2.24, 2.45) is 5.92 Å². The molecule has 1 aliphatic carbocycles. The first-order valence-corrected chi connectivity index (χ1v) is 6.49. The summed E-state index contributed by atoms with van der Waals surface area (Å²) >= 11 is 0. The Hall–Kier alpha value is -2.30. The van der Waals surface area contributed by atoms with E-state index in [1.807, 2.05) is 6.08 Å². The van der Waals surface area contributed by atoms with E-state index in [9.17, 15) is 14.7 Å². The van der Waals surface area contributed by atoms with Gasteiger partial charge in [0, 0.05) is 5.92 Å². The summed E-state index contributed by atoms with van der Waals surface area (Å²) in [5.41, 5.74) is 0.335. The maximum absolute atomic E-state index is 12.1. The van der Waals surface area contributed by atoms with E-state index in [1.165, 1.54) is 13.2 Å². The summed E-state index contributed by atoms with van der Waals surface area (Å²) in [4.78, 5) is 23.4. The van der Waals surface area contributed by atoms with Crippen LogP contribution in [-0.2, 0) is 4.79 Å². The highest BCUT2D eigenvalue weighted by molar-refractivity contribution is 6.01. The molecule has 1 amide bonds. The molecule has 5 nitrogen and oxygen atoms in total. The van der Waals surface area contributed by atoms with Gasteiger partial charge in [0.15, 0.2) is 0 Å². The Bertz CT molecular complexity index is 551. The third-order valence-corrected chi connectivity index (χ3v) is 3.35. The summed E-state index contributed by atoms with van der Waals surface area (Å²) in [5, 5.41) is 11.9. The highest BCUT2D eigenvalue weighted by Crippen LogP contribution is 2.25. The van der Waals surface area contributed by atoms with Gasteiger partial charge in [0.25, 0.3) is 0 Å². The molecule has 1 aromatic carbocycles. The first-order chi connectivity index (χ1) is 9.61. The monoisotopic (exact) mass is 275 g/mol. The van der Waals surface area contributed by atoms with Crippen LogP contribution in [0.15, 0.2) is 30.4 Å². The lowest BCUT2D eigenvalue weighted by Gasteiger charge is -2.18. The minimum Gasteiger partial charge on any atom is -0.497 e. The molecule has 1 aromatic rings. The average molecular weight is 275 g/mol. The zero-order valence-corrected chi connectivity index (χ0v) is 11.3. The number of carbonyl (C=O) groups is 2. The van der Waals surface area contributed by atoms with Crippen molar-refractivity contribution in [1.82, 2.24) is 0 Å². The Balaban J connectivity index is 2.17. The molecule has 0 aliphatic heterocycles. The molecular weight excluding hydrogens is 258 g/mol. The zero-order valence-electron chi connectivity index (χ0n) is 11.3. The highest BCUT2D eigenvalue weighted by Gasteiger charge is 2.21. The quantitative estimate of drug-likeness (QED) is 0.828. The lowest BCUT2D eigenvalue weighted by Crippen LogP contribution is -2.24. The van der Waals surface area contributed by atoms with Crippen LogP contribution in [0.1, 0.15) is 29.6 Å². The number of rotatable bonds is 4. The topological polar surface area (TPSA) is 75.6 Å². The second-order valence-corrected chi connectivity index (χ2v) is 4.69. The molecule has 1 aliphatic rings. The summed E-state index contributed by atoms with van der Waals surface area (Å²) in [7, 11) is 1.47. The van der Waals surface area contributed by atoms with Gasteiger partial charge in [-0.05, 0) is 37.5 Å². The van der Waals surface area contributed by atoms with Gasteiger partial charge in [-0.2, -0.15) is 0 Å². The molecule has 20 heavy (non-hydrogen) atoms. The van der Waals surface area contributed by atoms with Crippen LogP contribution in [0.2, 0.25) is 0 Å². The van der Waals surface area contributed by atoms with Gasteiger partial charge in [0.2, 0.25) is 5.91 Å². The number of allylic oxidation sites excluding steroid dienone is 2. The van der Waals surface area contributed by atoms with Crippen LogP contribution in [0.4, 0.5) is 5.69 Å². The van der Waals surface area contributed by atoms with Crippen molar-refractivity contribution in [2.75, 3.05) is 12.4 Å². The van der Waals surface area contributed by atoms with Crippen molar-refractivity contribution < 1.29 is 19.4 Å². The van der Waals surface area contributed by atoms with Gasteiger partial charge in [0.05, 0.1) is 18.4 Å². The van der Waals surface area contributed by atoms with Crippen LogP contribution in [0.25, 0.3) is 0 Å². The van der Waals surface area contributed by atoms with Gasteiger partial charge >= 0.3 is 5.97 Å². The van der Waals surface area contributed by atoms with Crippen LogP contribution < -0.4 is 10.1 Å². The van der Waals surface area contributed by atoms with Gasteiger partial charge in [-0.3, -0.25) is 4.79 Å². The molecule has 0 fully saturated rings. The maximum atomic E-state index is 12.1.